The number of halogens is 2. The number of nitrogens with zero attached hydrogens (tertiary/aromatic N) is 1. The van der Waals surface area contributed by atoms with Crippen LogP contribution in [0.4, 0.5) is 0 Å². The van der Waals surface area contributed by atoms with Crippen LogP contribution in [0.15, 0.2) is 4.47 Å². The Bertz CT molecular complexity index is 421. The predicted molar refractivity (Wildman–Crippen MR) is 77.1 cm³/mol. The van der Waals surface area contributed by atoms with Crippen LogP contribution in [0.5, 0.6) is 5.75 Å². The SMILES string of the molecule is COc1c(C)c(C)c(Br)c(C)c1CN(C)CCl. The summed E-state index contributed by atoms with van der Waals surface area (Å²) in [6, 6.07) is 0.507. The van der Waals surface area contributed by atoms with Crippen LogP contribution in [0.2, 0.25) is 0 Å². The monoisotopic (exact) mass is 319 g/mol. The molecular weight excluding hydrogens is 302 g/mol. The van der Waals surface area contributed by atoms with E-state index in [9.17, 15) is 0 Å². The van der Waals surface area contributed by atoms with E-state index < -0.39 is 0 Å². The first-order valence-electron chi connectivity index (χ1n) is 5.50. The first kappa shape index (κ1) is 14.8. The maximum Gasteiger partial charge on any atom is 0.126 e. The molecule has 0 atom stereocenters. The van der Waals surface area contributed by atoms with E-state index in [-0.39, 0.29) is 0 Å². The lowest BCUT2D eigenvalue weighted by molar-refractivity contribution is 0.357. The van der Waals surface area contributed by atoms with Crippen molar-refractivity contribution < 1.29 is 4.74 Å². The summed E-state index contributed by atoms with van der Waals surface area (Å²) < 4.78 is 6.71. The Labute approximate surface area is 117 Å². The summed E-state index contributed by atoms with van der Waals surface area (Å²) in [4.78, 5) is 2.05. The van der Waals surface area contributed by atoms with E-state index in [4.69, 9.17) is 16.3 Å². The third-order valence-corrected chi connectivity index (χ3v) is 4.72. The largest absolute Gasteiger partial charge is 0.496 e. The summed E-state index contributed by atoms with van der Waals surface area (Å²) in [5.41, 5.74) is 4.84. The second-order valence-corrected chi connectivity index (χ2v) is 5.37. The molecule has 0 radical (unpaired) electrons. The quantitative estimate of drug-likeness (QED) is 0.614. The van der Waals surface area contributed by atoms with Crippen molar-refractivity contribution in [2.45, 2.75) is 27.3 Å². The fourth-order valence-electron chi connectivity index (χ4n) is 1.92. The number of ether oxygens (including phenoxy) is 1. The standard InChI is InChI=1S/C13H19BrClNO/c1-8-9(2)13(17-5)11(6-16(4)7-15)10(3)12(8)14/h6-7H2,1-5H3. The molecule has 0 spiro atoms. The van der Waals surface area contributed by atoms with Gasteiger partial charge in [0.2, 0.25) is 0 Å². The van der Waals surface area contributed by atoms with E-state index in [1.54, 1.807) is 7.11 Å². The van der Waals surface area contributed by atoms with Gasteiger partial charge in [-0.25, -0.2) is 0 Å². The third kappa shape index (κ3) is 2.95. The van der Waals surface area contributed by atoms with Gasteiger partial charge in [-0.2, -0.15) is 0 Å². The molecule has 0 aliphatic carbocycles. The van der Waals surface area contributed by atoms with E-state index in [1.807, 2.05) is 11.9 Å². The van der Waals surface area contributed by atoms with E-state index in [0.717, 1.165) is 16.8 Å². The van der Waals surface area contributed by atoms with Crippen LogP contribution >= 0.6 is 27.5 Å². The van der Waals surface area contributed by atoms with Gasteiger partial charge in [0.1, 0.15) is 5.75 Å². The van der Waals surface area contributed by atoms with Crippen LogP contribution in [0.3, 0.4) is 0 Å². The maximum absolute atomic E-state index is 5.83. The van der Waals surface area contributed by atoms with Crippen LogP contribution in [-0.4, -0.2) is 25.1 Å². The normalized spacial score (nSPS) is 11.1. The number of hydrogen-bond acceptors (Lipinski definition) is 2. The first-order chi connectivity index (χ1) is 7.93. The second kappa shape index (κ2) is 6.07. The smallest absolute Gasteiger partial charge is 0.126 e. The molecule has 0 amide bonds. The molecule has 96 valence electrons. The number of benzene rings is 1. The Hall–Kier alpha value is -0.250. The maximum atomic E-state index is 5.83. The summed E-state index contributed by atoms with van der Waals surface area (Å²) in [5.74, 6) is 0.972. The van der Waals surface area contributed by atoms with Gasteiger partial charge >= 0.3 is 0 Å². The molecule has 0 unspecified atom stereocenters. The molecule has 17 heavy (non-hydrogen) atoms. The van der Waals surface area contributed by atoms with Crippen molar-refractivity contribution in [3.8, 4) is 5.75 Å². The third-order valence-electron chi connectivity index (χ3n) is 3.12. The van der Waals surface area contributed by atoms with Crippen molar-refractivity contribution in [3.05, 3.63) is 26.7 Å². The van der Waals surface area contributed by atoms with Crippen molar-refractivity contribution in [1.82, 2.24) is 4.90 Å². The van der Waals surface area contributed by atoms with Gasteiger partial charge in [-0.3, -0.25) is 4.90 Å². The van der Waals surface area contributed by atoms with Crippen LogP contribution < -0.4 is 4.74 Å². The van der Waals surface area contributed by atoms with E-state index in [0.29, 0.717) is 6.00 Å². The number of rotatable bonds is 4. The molecule has 0 bridgehead atoms. The fraction of sp³-hybridized carbons (Fsp3) is 0.538. The molecule has 0 aliphatic heterocycles. The highest BCUT2D eigenvalue weighted by molar-refractivity contribution is 9.10. The van der Waals surface area contributed by atoms with Crippen LogP contribution in [0, 0.1) is 20.8 Å². The van der Waals surface area contributed by atoms with Gasteiger partial charge in [-0.1, -0.05) is 15.9 Å². The molecule has 1 aromatic rings. The minimum absolute atomic E-state index is 0.507. The van der Waals surface area contributed by atoms with E-state index in [1.165, 1.54) is 22.3 Å². The molecule has 0 aromatic heterocycles. The summed E-state index contributed by atoms with van der Waals surface area (Å²) in [5, 5.41) is 0. The molecule has 0 fully saturated rings. The molecule has 0 N–H and O–H groups in total. The zero-order valence-corrected chi connectivity index (χ0v) is 13.4. The van der Waals surface area contributed by atoms with E-state index in [2.05, 4.69) is 36.7 Å². The minimum atomic E-state index is 0.507. The lowest BCUT2D eigenvalue weighted by atomic mass is 9.98. The van der Waals surface area contributed by atoms with Crippen LogP contribution in [-0.2, 0) is 6.54 Å². The van der Waals surface area contributed by atoms with Gasteiger partial charge in [0, 0.05) is 16.6 Å². The lowest BCUT2D eigenvalue weighted by Crippen LogP contribution is -2.17. The summed E-state index contributed by atoms with van der Waals surface area (Å²) in [7, 11) is 3.72. The molecule has 1 rings (SSSR count). The van der Waals surface area contributed by atoms with Crippen molar-refractivity contribution in [2.75, 3.05) is 20.2 Å². The van der Waals surface area contributed by atoms with E-state index >= 15 is 0 Å². The summed E-state index contributed by atoms with van der Waals surface area (Å²) >= 11 is 9.48. The van der Waals surface area contributed by atoms with Crippen LogP contribution in [0.25, 0.3) is 0 Å². The van der Waals surface area contributed by atoms with Crippen molar-refractivity contribution in [3.63, 3.8) is 0 Å². The van der Waals surface area contributed by atoms with Crippen LogP contribution in [0.1, 0.15) is 22.3 Å². The summed E-state index contributed by atoms with van der Waals surface area (Å²) in [6.07, 6.45) is 0. The first-order valence-corrected chi connectivity index (χ1v) is 6.83. The molecule has 4 heteroatoms. The van der Waals surface area contributed by atoms with Gasteiger partial charge < -0.3 is 4.74 Å². The highest BCUT2D eigenvalue weighted by Gasteiger charge is 2.17. The highest BCUT2D eigenvalue weighted by Crippen LogP contribution is 2.36. The zero-order chi connectivity index (χ0) is 13.2. The molecule has 2 nitrogen and oxygen atoms in total. The predicted octanol–water partition coefficient (Wildman–Crippen LogP) is 4.01. The fourth-order valence-corrected chi connectivity index (χ4v) is 2.55. The molecule has 0 saturated carbocycles. The topological polar surface area (TPSA) is 12.5 Å². The summed E-state index contributed by atoms with van der Waals surface area (Å²) in [6.45, 7) is 7.08. The molecular formula is C13H19BrClNO. The number of hydrogen-bond donors (Lipinski definition) is 0. The highest BCUT2D eigenvalue weighted by atomic mass is 79.9. The van der Waals surface area contributed by atoms with Gasteiger partial charge in [-0.15, -0.1) is 11.6 Å². The number of methoxy groups -OCH3 is 1. The van der Waals surface area contributed by atoms with Crippen molar-refractivity contribution in [1.29, 1.82) is 0 Å². The van der Waals surface area contributed by atoms with Gasteiger partial charge in [-0.05, 0) is 44.5 Å². The Balaban J connectivity index is 3.36. The Morgan fingerprint density at radius 1 is 1.18 bits per heavy atom. The van der Waals surface area contributed by atoms with Crippen molar-refractivity contribution in [2.24, 2.45) is 0 Å². The molecule has 0 saturated heterocycles. The van der Waals surface area contributed by atoms with Gasteiger partial charge in [0.05, 0.1) is 13.1 Å². The number of alkyl halides is 1. The molecule has 0 heterocycles. The second-order valence-electron chi connectivity index (χ2n) is 4.33. The Morgan fingerprint density at radius 3 is 2.24 bits per heavy atom. The Kier molecular flexibility index (Phi) is 5.29. The average molecular weight is 321 g/mol. The van der Waals surface area contributed by atoms with Gasteiger partial charge in [0.15, 0.2) is 0 Å². The minimum Gasteiger partial charge on any atom is -0.496 e. The average Bonchev–Trinajstić information content (AvgIpc) is 2.33. The van der Waals surface area contributed by atoms with Crippen molar-refractivity contribution >= 4 is 27.5 Å². The lowest BCUT2D eigenvalue weighted by Gasteiger charge is -2.22. The van der Waals surface area contributed by atoms with Gasteiger partial charge in [0.25, 0.3) is 0 Å². The Morgan fingerprint density at radius 2 is 1.76 bits per heavy atom. The molecule has 1 aromatic carbocycles. The molecule has 0 aliphatic rings. The zero-order valence-electron chi connectivity index (χ0n) is 11.0.